The van der Waals surface area contributed by atoms with Crippen LogP contribution in [0.15, 0.2) is 53.6 Å². The van der Waals surface area contributed by atoms with Crippen LogP contribution in [0.25, 0.3) is 10.8 Å². The molecule has 0 fully saturated rings. The number of carbonyl (C=O) groups is 1. The van der Waals surface area contributed by atoms with E-state index in [1.807, 2.05) is 30.3 Å². The number of nitrogens with zero attached hydrogens (tertiary/aromatic N) is 3. The maximum absolute atomic E-state index is 12.7. The van der Waals surface area contributed by atoms with Crippen molar-refractivity contribution in [2.75, 3.05) is 13.2 Å². The Labute approximate surface area is 163 Å². The molecule has 0 saturated carbocycles. The molecule has 2 heterocycles. The summed E-state index contributed by atoms with van der Waals surface area (Å²) in [6.45, 7) is 3.62. The Kier molecular flexibility index (Phi) is 5.10. The second kappa shape index (κ2) is 7.84. The lowest BCUT2D eigenvalue weighted by Crippen LogP contribution is -2.39. The van der Waals surface area contributed by atoms with Crippen LogP contribution in [0.3, 0.4) is 0 Å². The predicted molar refractivity (Wildman–Crippen MR) is 107 cm³/mol. The molecule has 0 aliphatic carbocycles. The second-order valence-electron chi connectivity index (χ2n) is 7.04. The number of ether oxygens (including phenoxy) is 1. The van der Waals surface area contributed by atoms with Crippen LogP contribution in [0.4, 0.5) is 0 Å². The lowest BCUT2D eigenvalue weighted by atomic mass is 10.1. The average Bonchev–Trinajstić information content (AvgIpc) is 2.72. The minimum atomic E-state index is -0.00152. The number of aryl methyl sites for hydroxylation is 1. The van der Waals surface area contributed by atoms with Crippen molar-refractivity contribution in [3.05, 3.63) is 70.4 Å². The van der Waals surface area contributed by atoms with Gasteiger partial charge in [0.1, 0.15) is 5.75 Å². The minimum absolute atomic E-state index is 0.00152. The molecule has 3 aromatic rings. The highest BCUT2D eigenvalue weighted by atomic mass is 16.5. The molecule has 0 bridgehead atoms. The van der Waals surface area contributed by atoms with Gasteiger partial charge in [-0.25, -0.2) is 4.98 Å². The third kappa shape index (κ3) is 3.63. The monoisotopic (exact) mass is 377 g/mol. The van der Waals surface area contributed by atoms with Crippen LogP contribution in [0, 0.1) is 0 Å². The number of hydrogen-bond acceptors (Lipinski definition) is 4. The van der Waals surface area contributed by atoms with E-state index in [0.29, 0.717) is 39.1 Å². The average molecular weight is 377 g/mol. The molecular weight excluding hydrogens is 354 g/mol. The molecule has 144 valence electrons. The Hall–Kier alpha value is -3.15. The van der Waals surface area contributed by atoms with Crippen molar-refractivity contribution in [3.8, 4) is 5.75 Å². The minimum Gasteiger partial charge on any atom is -0.493 e. The smallest absolute Gasteiger partial charge is 0.256 e. The maximum atomic E-state index is 12.7. The molecule has 1 aliphatic heterocycles. The molecule has 2 aromatic carbocycles. The summed E-state index contributed by atoms with van der Waals surface area (Å²) >= 11 is 0. The SMILES string of the molecule is CC(=O)N1CCc2c(ncn(CCCOc3cccc4ccccc34)c2=O)C1. The van der Waals surface area contributed by atoms with Gasteiger partial charge in [-0.1, -0.05) is 36.4 Å². The highest BCUT2D eigenvalue weighted by Crippen LogP contribution is 2.25. The van der Waals surface area contributed by atoms with E-state index in [1.54, 1.807) is 22.7 Å². The van der Waals surface area contributed by atoms with Gasteiger partial charge in [0.25, 0.3) is 5.56 Å². The predicted octanol–water partition coefficient (Wildman–Crippen LogP) is 2.77. The van der Waals surface area contributed by atoms with Crippen molar-refractivity contribution in [3.63, 3.8) is 0 Å². The summed E-state index contributed by atoms with van der Waals surface area (Å²) < 4.78 is 7.60. The van der Waals surface area contributed by atoms with E-state index < -0.39 is 0 Å². The molecule has 1 aromatic heterocycles. The van der Waals surface area contributed by atoms with E-state index in [9.17, 15) is 9.59 Å². The summed E-state index contributed by atoms with van der Waals surface area (Å²) in [7, 11) is 0. The normalized spacial score (nSPS) is 13.4. The first-order valence-electron chi connectivity index (χ1n) is 9.57. The Morgan fingerprint density at radius 1 is 1.18 bits per heavy atom. The van der Waals surface area contributed by atoms with E-state index in [0.717, 1.165) is 27.8 Å². The molecule has 1 amide bonds. The molecule has 0 unspecified atom stereocenters. The maximum Gasteiger partial charge on any atom is 0.256 e. The first-order valence-corrected chi connectivity index (χ1v) is 9.57. The van der Waals surface area contributed by atoms with Crippen LogP contribution in [0.2, 0.25) is 0 Å². The molecular formula is C22H23N3O3. The lowest BCUT2D eigenvalue weighted by molar-refractivity contribution is -0.129. The van der Waals surface area contributed by atoms with Crippen molar-refractivity contribution in [2.24, 2.45) is 0 Å². The quantitative estimate of drug-likeness (QED) is 0.642. The van der Waals surface area contributed by atoms with Gasteiger partial charge < -0.3 is 9.64 Å². The number of aromatic nitrogens is 2. The molecule has 6 nitrogen and oxygen atoms in total. The van der Waals surface area contributed by atoms with E-state index >= 15 is 0 Å². The molecule has 28 heavy (non-hydrogen) atoms. The second-order valence-corrected chi connectivity index (χ2v) is 7.04. The molecule has 6 heteroatoms. The third-order valence-electron chi connectivity index (χ3n) is 5.19. The van der Waals surface area contributed by atoms with Gasteiger partial charge in [-0.05, 0) is 24.3 Å². The third-order valence-corrected chi connectivity index (χ3v) is 5.19. The van der Waals surface area contributed by atoms with Gasteiger partial charge in [0.2, 0.25) is 5.91 Å². The van der Waals surface area contributed by atoms with Gasteiger partial charge in [-0.3, -0.25) is 14.2 Å². The molecule has 0 radical (unpaired) electrons. The first-order chi connectivity index (χ1) is 13.6. The van der Waals surface area contributed by atoms with Crippen LogP contribution in [-0.2, 0) is 24.3 Å². The zero-order chi connectivity index (χ0) is 19.5. The number of amides is 1. The van der Waals surface area contributed by atoms with Crippen LogP contribution < -0.4 is 10.3 Å². The van der Waals surface area contributed by atoms with Gasteiger partial charge in [0.15, 0.2) is 0 Å². The summed E-state index contributed by atoms with van der Waals surface area (Å²) in [6.07, 6.45) is 2.86. The van der Waals surface area contributed by atoms with Crippen LogP contribution in [0.5, 0.6) is 5.75 Å². The first kappa shape index (κ1) is 18.2. The Bertz CT molecular complexity index is 1070. The van der Waals surface area contributed by atoms with Crippen molar-refractivity contribution >= 4 is 16.7 Å². The zero-order valence-corrected chi connectivity index (χ0v) is 15.9. The molecule has 0 saturated heterocycles. The summed E-state index contributed by atoms with van der Waals surface area (Å²) in [5, 5.41) is 2.24. The fourth-order valence-corrected chi connectivity index (χ4v) is 3.63. The van der Waals surface area contributed by atoms with Gasteiger partial charge in [-0.2, -0.15) is 0 Å². The van der Waals surface area contributed by atoms with Gasteiger partial charge in [-0.15, -0.1) is 0 Å². The highest BCUT2D eigenvalue weighted by molar-refractivity contribution is 5.88. The van der Waals surface area contributed by atoms with Crippen molar-refractivity contribution in [2.45, 2.75) is 32.9 Å². The largest absolute Gasteiger partial charge is 0.493 e. The fourth-order valence-electron chi connectivity index (χ4n) is 3.63. The van der Waals surface area contributed by atoms with E-state index in [-0.39, 0.29) is 11.5 Å². The standard InChI is InChI=1S/C22H23N3O3/c1-16(26)24-12-10-19-20(14-24)23-15-25(22(19)27)11-5-13-28-21-9-4-7-17-6-2-3-8-18(17)21/h2-4,6-9,15H,5,10-14H2,1H3. The number of benzene rings is 2. The molecule has 1 aliphatic rings. The Morgan fingerprint density at radius 2 is 2.00 bits per heavy atom. The number of carbonyl (C=O) groups excluding carboxylic acids is 1. The molecule has 4 rings (SSSR count). The van der Waals surface area contributed by atoms with Crippen LogP contribution in [-0.4, -0.2) is 33.5 Å². The summed E-state index contributed by atoms with van der Waals surface area (Å²) in [4.78, 5) is 30.4. The topological polar surface area (TPSA) is 64.4 Å². The van der Waals surface area contributed by atoms with E-state index in [4.69, 9.17) is 4.74 Å². The van der Waals surface area contributed by atoms with Crippen LogP contribution in [0.1, 0.15) is 24.6 Å². The molecule has 0 atom stereocenters. The Morgan fingerprint density at radius 3 is 2.86 bits per heavy atom. The summed E-state index contributed by atoms with van der Waals surface area (Å²) in [5.74, 6) is 0.876. The van der Waals surface area contributed by atoms with Crippen molar-refractivity contribution < 1.29 is 9.53 Å². The zero-order valence-electron chi connectivity index (χ0n) is 15.9. The molecule has 0 spiro atoms. The van der Waals surface area contributed by atoms with Crippen LogP contribution >= 0.6 is 0 Å². The Balaban J connectivity index is 1.39. The van der Waals surface area contributed by atoms with E-state index in [2.05, 4.69) is 17.1 Å². The number of fused-ring (bicyclic) bond motifs is 2. The van der Waals surface area contributed by atoms with E-state index in [1.165, 1.54) is 0 Å². The summed E-state index contributed by atoms with van der Waals surface area (Å²) in [5.41, 5.74) is 1.45. The van der Waals surface area contributed by atoms with Gasteiger partial charge >= 0.3 is 0 Å². The van der Waals surface area contributed by atoms with Gasteiger partial charge in [0.05, 0.1) is 25.2 Å². The molecule has 0 N–H and O–H groups in total. The number of hydrogen-bond donors (Lipinski definition) is 0. The summed E-state index contributed by atoms with van der Waals surface area (Å²) in [6, 6.07) is 14.1. The lowest BCUT2D eigenvalue weighted by Gasteiger charge is -2.26. The van der Waals surface area contributed by atoms with Crippen molar-refractivity contribution in [1.82, 2.24) is 14.5 Å². The number of rotatable bonds is 5. The van der Waals surface area contributed by atoms with Crippen molar-refractivity contribution in [1.29, 1.82) is 0 Å². The fraction of sp³-hybridized carbons (Fsp3) is 0.318. The van der Waals surface area contributed by atoms with Gasteiger partial charge in [0, 0.05) is 31.0 Å². The highest BCUT2D eigenvalue weighted by Gasteiger charge is 2.22.